The van der Waals surface area contributed by atoms with Crippen LogP contribution in [0.15, 0.2) is 29.2 Å². The van der Waals surface area contributed by atoms with Crippen molar-refractivity contribution in [3.63, 3.8) is 0 Å². The molecule has 1 aromatic rings. The first-order valence-corrected chi connectivity index (χ1v) is 8.57. The number of nitrogens with one attached hydrogen (secondary N) is 1. The van der Waals surface area contributed by atoms with Crippen LogP contribution in [-0.4, -0.2) is 44.3 Å². The van der Waals surface area contributed by atoms with Crippen LogP contribution in [0.2, 0.25) is 0 Å². The molecular weight excluding hydrogens is 306 g/mol. The van der Waals surface area contributed by atoms with E-state index in [0.717, 1.165) is 5.56 Å². The van der Waals surface area contributed by atoms with Gasteiger partial charge in [0, 0.05) is 6.54 Å². The van der Waals surface area contributed by atoms with Crippen molar-refractivity contribution in [3.05, 3.63) is 29.8 Å². The second-order valence-corrected chi connectivity index (χ2v) is 6.69. The zero-order valence-electron chi connectivity index (χ0n) is 12.3. The molecule has 0 unspecified atom stereocenters. The first-order chi connectivity index (χ1) is 10.3. The molecule has 7 nitrogen and oxygen atoms in total. The summed E-state index contributed by atoms with van der Waals surface area (Å²) >= 11 is 0. The van der Waals surface area contributed by atoms with Crippen molar-refractivity contribution in [3.8, 4) is 0 Å². The van der Waals surface area contributed by atoms with Gasteiger partial charge in [-0.1, -0.05) is 12.1 Å². The van der Waals surface area contributed by atoms with Crippen LogP contribution in [0.1, 0.15) is 18.9 Å². The minimum atomic E-state index is -3.68. The number of amides is 2. The van der Waals surface area contributed by atoms with E-state index in [1.165, 1.54) is 17.0 Å². The molecule has 1 atom stereocenters. The smallest absolute Gasteiger partial charge is 0.246 e. The summed E-state index contributed by atoms with van der Waals surface area (Å²) in [6, 6.07) is 5.81. The molecule has 0 spiro atoms. The molecular formula is C14H19N3O4S. The minimum Gasteiger partial charge on any atom is -0.305 e. The van der Waals surface area contributed by atoms with E-state index in [4.69, 9.17) is 5.14 Å². The summed E-state index contributed by atoms with van der Waals surface area (Å²) < 4.78 is 22.3. The third-order valence-corrected chi connectivity index (χ3v) is 4.55. The standard InChI is InChI=1S/C14H19N3O4S/c1-2-17-13(18)9-12(14(17)19)16-8-7-10-3-5-11(6-4-10)22(15,20)21/h3-6,12,16H,2,7-9H2,1H3,(H2,15,20,21)/t12-/m0/s1. The van der Waals surface area contributed by atoms with Crippen LogP contribution in [0.25, 0.3) is 0 Å². The van der Waals surface area contributed by atoms with Gasteiger partial charge >= 0.3 is 0 Å². The fraction of sp³-hybridized carbons (Fsp3) is 0.429. The van der Waals surface area contributed by atoms with Gasteiger partial charge in [-0.15, -0.1) is 0 Å². The van der Waals surface area contributed by atoms with E-state index in [9.17, 15) is 18.0 Å². The lowest BCUT2D eigenvalue weighted by Crippen LogP contribution is -2.39. The summed E-state index contributed by atoms with van der Waals surface area (Å²) in [6.07, 6.45) is 0.812. The van der Waals surface area contributed by atoms with Crippen molar-refractivity contribution in [1.29, 1.82) is 0 Å². The van der Waals surface area contributed by atoms with Crippen molar-refractivity contribution in [2.45, 2.75) is 30.7 Å². The maximum Gasteiger partial charge on any atom is 0.246 e. The van der Waals surface area contributed by atoms with Gasteiger partial charge in [-0.05, 0) is 37.6 Å². The third kappa shape index (κ3) is 3.70. The summed E-state index contributed by atoms with van der Waals surface area (Å²) in [5.74, 6) is -0.334. The second-order valence-electron chi connectivity index (χ2n) is 5.13. The number of nitrogens with two attached hydrogens (primary N) is 1. The largest absolute Gasteiger partial charge is 0.305 e. The molecule has 2 rings (SSSR count). The van der Waals surface area contributed by atoms with Crippen LogP contribution in [0.3, 0.4) is 0 Å². The van der Waals surface area contributed by atoms with Crippen LogP contribution in [0.5, 0.6) is 0 Å². The van der Waals surface area contributed by atoms with Crippen molar-refractivity contribution < 1.29 is 18.0 Å². The molecule has 120 valence electrons. The molecule has 22 heavy (non-hydrogen) atoms. The van der Waals surface area contributed by atoms with E-state index >= 15 is 0 Å². The molecule has 1 saturated heterocycles. The minimum absolute atomic E-state index is 0.0689. The summed E-state index contributed by atoms with van der Waals surface area (Å²) in [7, 11) is -3.68. The summed E-state index contributed by atoms with van der Waals surface area (Å²) in [4.78, 5) is 24.8. The maximum atomic E-state index is 11.9. The number of carbonyl (C=O) groups is 2. The van der Waals surface area contributed by atoms with Crippen molar-refractivity contribution in [2.24, 2.45) is 5.14 Å². The molecule has 3 N–H and O–H groups in total. The quantitative estimate of drug-likeness (QED) is 0.693. The van der Waals surface area contributed by atoms with Crippen molar-refractivity contribution >= 4 is 21.8 Å². The summed E-state index contributed by atoms with van der Waals surface area (Å²) in [5.41, 5.74) is 0.920. The molecule has 1 aromatic carbocycles. The number of hydrogen-bond acceptors (Lipinski definition) is 5. The summed E-state index contributed by atoms with van der Waals surface area (Å²) in [5, 5.41) is 8.09. The Balaban J connectivity index is 1.87. The highest BCUT2D eigenvalue weighted by molar-refractivity contribution is 7.89. The van der Waals surface area contributed by atoms with E-state index in [1.807, 2.05) is 0 Å². The number of sulfonamides is 1. The van der Waals surface area contributed by atoms with Gasteiger partial charge < -0.3 is 5.32 Å². The Bertz CT molecular complexity index is 670. The SMILES string of the molecule is CCN1C(=O)C[C@H](NCCc2ccc(S(N)(=O)=O)cc2)C1=O. The Kier molecular flexibility index (Phi) is 4.94. The molecule has 0 aliphatic carbocycles. The van der Waals surface area contributed by atoms with Gasteiger partial charge in [0.1, 0.15) is 0 Å². The van der Waals surface area contributed by atoms with E-state index in [-0.39, 0.29) is 23.1 Å². The first-order valence-electron chi connectivity index (χ1n) is 7.02. The number of carbonyl (C=O) groups excluding carboxylic acids is 2. The number of rotatable bonds is 6. The predicted octanol–water partition coefficient (Wildman–Crippen LogP) is -0.386. The van der Waals surface area contributed by atoms with Crippen LogP contribution in [-0.2, 0) is 26.0 Å². The van der Waals surface area contributed by atoms with Gasteiger partial charge in [0.2, 0.25) is 21.8 Å². The van der Waals surface area contributed by atoms with Crippen LogP contribution >= 0.6 is 0 Å². The number of benzene rings is 1. The molecule has 1 aliphatic heterocycles. The first kappa shape index (κ1) is 16.6. The maximum absolute atomic E-state index is 11.9. The fourth-order valence-corrected chi connectivity index (χ4v) is 2.93. The van der Waals surface area contributed by atoms with Gasteiger partial charge in [0.15, 0.2) is 0 Å². The average Bonchev–Trinajstić information content (AvgIpc) is 2.72. The molecule has 2 amide bonds. The molecule has 1 fully saturated rings. The van der Waals surface area contributed by atoms with E-state index in [2.05, 4.69) is 5.32 Å². The third-order valence-electron chi connectivity index (χ3n) is 3.62. The molecule has 0 radical (unpaired) electrons. The Labute approximate surface area is 129 Å². The van der Waals surface area contributed by atoms with Gasteiger partial charge in [-0.25, -0.2) is 13.6 Å². The average molecular weight is 325 g/mol. The van der Waals surface area contributed by atoms with Crippen molar-refractivity contribution in [1.82, 2.24) is 10.2 Å². The highest BCUT2D eigenvalue weighted by Crippen LogP contribution is 2.13. The molecule has 0 bridgehead atoms. The van der Waals surface area contributed by atoms with E-state index in [1.54, 1.807) is 19.1 Å². The van der Waals surface area contributed by atoms with Gasteiger partial charge in [0.05, 0.1) is 17.4 Å². The molecule has 0 saturated carbocycles. The Morgan fingerprint density at radius 2 is 1.91 bits per heavy atom. The Morgan fingerprint density at radius 3 is 2.41 bits per heavy atom. The molecule has 0 aromatic heterocycles. The predicted molar refractivity (Wildman–Crippen MR) is 80.3 cm³/mol. The molecule has 1 heterocycles. The number of imide groups is 1. The van der Waals surface area contributed by atoms with Gasteiger partial charge in [-0.3, -0.25) is 14.5 Å². The van der Waals surface area contributed by atoms with Crippen molar-refractivity contribution in [2.75, 3.05) is 13.1 Å². The highest BCUT2D eigenvalue weighted by atomic mass is 32.2. The normalized spacial score (nSPS) is 19.0. The monoisotopic (exact) mass is 325 g/mol. The Morgan fingerprint density at radius 1 is 1.27 bits per heavy atom. The molecule has 1 aliphatic rings. The van der Waals surface area contributed by atoms with Crippen LogP contribution < -0.4 is 10.5 Å². The topological polar surface area (TPSA) is 110 Å². The number of nitrogens with zero attached hydrogens (tertiary/aromatic N) is 1. The fourth-order valence-electron chi connectivity index (χ4n) is 2.41. The number of primary sulfonamides is 1. The Hall–Kier alpha value is -1.77. The second kappa shape index (κ2) is 6.55. The lowest BCUT2D eigenvalue weighted by Gasteiger charge is -2.13. The zero-order valence-corrected chi connectivity index (χ0v) is 13.1. The van der Waals surface area contributed by atoms with E-state index < -0.39 is 16.1 Å². The summed E-state index contributed by atoms with van der Waals surface area (Å²) in [6.45, 7) is 2.69. The van der Waals surface area contributed by atoms with Gasteiger partial charge in [0.25, 0.3) is 0 Å². The number of hydrogen-bond donors (Lipinski definition) is 2. The van der Waals surface area contributed by atoms with Crippen LogP contribution in [0.4, 0.5) is 0 Å². The highest BCUT2D eigenvalue weighted by Gasteiger charge is 2.36. The lowest BCUT2D eigenvalue weighted by atomic mass is 10.1. The van der Waals surface area contributed by atoms with Gasteiger partial charge in [-0.2, -0.15) is 0 Å². The van der Waals surface area contributed by atoms with Crippen LogP contribution in [0, 0.1) is 0 Å². The number of likely N-dealkylation sites (tertiary alicyclic amines) is 1. The lowest BCUT2D eigenvalue weighted by molar-refractivity contribution is -0.138. The van der Waals surface area contributed by atoms with E-state index in [0.29, 0.717) is 19.5 Å². The molecule has 8 heteroatoms. The number of likely N-dealkylation sites (N-methyl/N-ethyl adjacent to an activating group) is 1. The zero-order chi connectivity index (χ0) is 16.3.